The van der Waals surface area contributed by atoms with Crippen LogP contribution in [0, 0.1) is 26.7 Å². The Balaban J connectivity index is 1.41. The molecule has 4 rings (SSSR count). The van der Waals surface area contributed by atoms with Crippen molar-refractivity contribution in [3.8, 4) is 0 Å². The fourth-order valence-corrected chi connectivity index (χ4v) is 7.39. The van der Waals surface area contributed by atoms with Gasteiger partial charge in [0.15, 0.2) is 0 Å². The second kappa shape index (κ2) is 9.36. The first-order chi connectivity index (χ1) is 15.3. The topological polar surface area (TPSA) is 57.7 Å². The van der Waals surface area contributed by atoms with Crippen LogP contribution in [0.25, 0.3) is 0 Å². The molecule has 0 N–H and O–H groups in total. The highest BCUT2D eigenvalue weighted by molar-refractivity contribution is 7.89. The number of rotatable bonds is 5. The molecule has 2 aromatic rings. The van der Waals surface area contributed by atoms with E-state index in [1.807, 2.05) is 51.1 Å². The summed E-state index contributed by atoms with van der Waals surface area (Å²) in [5, 5.41) is 0. The number of hydrogen-bond acceptors (Lipinski definition) is 3. The van der Waals surface area contributed by atoms with Crippen molar-refractivity contribution >= 4 is 15.9 Å². The summed E-state index contributed by atoms with van der Waals surface area (Å²) in [5.41, 5.74) is 3.92. The van der Waals surface area contributed by atoms with Crippen LogP contribution in [0.1, 0.15) is 47.9 Å². The number of carbonyl (C=O) groups is 1. The van der Waals surface area contributed by atoms with Gasteiger partial charge in [-0.05, 0) is 69.6 Å². The van der Waals surface area contributed by atoms with E-state index < -0.39 is 10.0 Å². The SMILES string of the molecule is Cc1cc(C)c(S(=O)(=O)N2CCC(C(=O)N3CCCC3Cc3ccccc3)CC2)c(C)c1. The van der Waals surface area contributed by atoms with E-state index in [2.05, 4.69) is 17.0 Å². The number of nitrogens with zero attached hydrogens (tertiary/aromatic N) is 2. The summed E-state index contributed by atoms with van der Waals surface area (Å²) < 4.78 is 28.3. The van der Waals surface area contributed by atoms with E-state index in [1.165, 1.54) is 5.56 Å². The lowest BCUT2D eigenvalue weighted by Gasteiger charge is -2.35. The Bertz CT molecular complexity index is 1050. The number of likely N-dealkylation sites (tertiary alicyclic amines) is 1. The third-order valence-corrected chi connectivity index (χ3v) is 9.18. The summed E-state index contributed by atoms with van der Waals surface area (Å²) in [6.45, 7) is 7.34. The van der Waals surface area contributed by atoms with Crippen molar-refractivity contribution in [2.75, 3.05) is 19.6 Å². The quantitative estimate of drug-likeness (QED) is 0.679. The van der Waals surface area contributed by atoms with Crippen molar-refractivity contribution in [3.05, 3.63) is 64.7 Å². The molecular formula is C26H34N2O3S. The molecule has 1 atom stereocenters. The summed E-state index contributed by atoms with van der Waals surface area (Å²) >= 11 is 0. The lowest BCUT2D eigenvalue weighted by molar-refractivity contribution is -0.137. The predicted molar refractivity (Wildman–Crippen MR) is 127 cm³/mol. The predicted octanol–water partition coefficient (Wildman–Crippen LogP) is 4.25. The van der Waals surface area contributed by atoms with Crippen LogP contribution in [0.15, 0.2) is 47.4 Å². The Labute approximate surface area is 192 Å². The maximum absolute atomic E-state index is 13.4. The third-order valence-electron chi connectivity index (χ3n) is 6.98. The minimum absolute atomic E-state index is 0.0852. The van der Waals surface area contributed by atoms with E-state index in [4.69, 9.17) is 0 Å². The van der Waals surface area contributed by atoms with E-state index in [-0.39, 0.29) is 17.9 Å². The number of hydrogen-bond donors (Lipinski definition) is 0. The summed E-state index contributed by atoms with van der Waals surface area (Å²) in [6.07, 6.45) is 4.17. The van der Waals surface area contributed by atoms with Crippen LogP contribution in [0.2, 0.25) is 0 Å². The second-order valence-electron chi connectivity index (χ2n) is 9.42. The first kappa shape index (κ1) is 23.0. The van der Waals surface area contributed by atoms with Gasteiger partial charge in [0.1, 0.15) is 0 Å². The minimum Gasteiger partial charge on any atom is -0.339 e. The zero-order chi connectivity index (χ0) is 22.9. The van der Waals surface area contributed by atoms with Crippen LogP contribution < -0.4 is 0 Å². The van der Waals surface area contributed by atoms with Gasteiger partial charge in [-0.1, -0.05) is 48.0 Å². The number of piperidine rings is 1. The summed E-state index contributed by atoms with van der Waals surface area (Å²) in [7, 11) is -3.55. The van der Waals surface area contributed by atoms with Gasteiger partial charge in [0.2, 0.25) is 15.9 Å². The zero-order valence-corrected chi connectivity index (χ0v) is 20.2. The summed E-state index contributed by atoms with van der Waals surface area (Å²) in [6, 6.07) is 14.5. The van der Waals surface area contributed by atoms with Gasteiger partial charge in [-0.2, -0.15) is 4.31 Å². The van der Waals surface area contributed by atoms with Gasteiger partial charge < -0.3 is 4.90 Å². The molecule has 2 aromatic carbocycles. The van der Waals surface area contributed by atoms with E-state index in [1.54, 1.807) is 4.31 Å². The highest BCUT2D eigenvalue weighted by Crippen LogP contribution is 2.31. The van der Waals surface area contributed by atoms with Gasteiger partial charge in [-0.3, -0.25) is 4.79 Å². The Morgan fingerprint density at radius 2 is 1.56 bits per heavy atom. The van der Waals surface area contributed by atoms with Gasteiger partial charge in [0.05, 0.1) is 4.90 Å². The maximum atomic E-state index is 13.4. The van der Waals surface area contributed by atoms with Crippen LogP contribution in [-0.4, -0.2) is 49.2 Å². The van der Waals surface area contributed by atoms with Crippen LogP contribution in [0.5, 0.6) is 0 Å². The van der Waals surface area contributed by atoms with Gasteiger partial charge in [-0.25, -0.2) is 8.42 Å². The van der Waals surface area contributed by atoms with Crippen LogP contribution in [-0.2, 0) is 21.2 Å². The standard InChI is InChI=1S/C26H34N2O3S/c1-19-16-20(2)25(21(3)17-19)32(30,31)27-14-11-23(12-15-27)26(29)28-13-7-10-24(28)18-22-8-5-4-6-9-22/h4-6,8-9,16-17,23-24H,7,10-15,18H2,1-3H3. The van der Waals surface area contributed by atoms with E-state index in [0.29, 0.717) is 30.8 Å². The maximum Gasteiger partial charge on any atom is 0.243 e. The molecule has 0 spiro atoms. The largest absolute Gasteiger partial charge is 0.339 e. The van der Waals surface area contributed by atoms with Crippen molar-refractivity contribution < 1.29 is 13.2 Å². The molecule has 1 unspecified atom stereocenters. The van der Waals surface area contributed by atoms with Gasteiger partial charge >= 0.3 is 0 Å². The van der Waals surface area contributed by atoms with E-state index in [9.17, 15) is 13.2 Å². The highest BCUT2D eigenvalue weighted by atomic mass is 32.2. The Morgan fingerprint density at radius 1 is 0.938 bits per heavy atom. The lowest BCUT2D eigenvalue weighted by Crippen LogP contribution is -2.46. The number of amides is 1. The average Bonchev–Trinajstić information content (AvgIpc) is 3.21. The first-order valence-electron chi connectivity index (χ1n) is 11.7. The Morgan fingerprint density at radius 3 is 2.19 bits per heavy atom. The lowest BCUT2D eigenvalue weighted by atomic mass is 9.95. The monoisotopic (exact) mass is 454 g/mol. The van der Waals surface area contributed by atoms with Crippen LogP contribution >= 0.6 is 0 Å². The molecule has 2 aliphatic rings. The zero-order valence-electron chi connectivity index (χ0n) is 19.4. The van der Waals surface area contributed by atoms with Crippen molar-refractivity contribution in [3.63, 3.8) is 0 Å². The summed E-state index contributed by atoms with van der Waals surface area (Å²) in [5.74, 6) is 0.126. The van der Waals surface area contributed by atoms with Crippen molar-refractivity contribution in [2.45, 2.75) is 63.8 Å². The number of carbonyl (C=O) groups excluding carboxylic acids is 1. The first-order valence-corrected chi connectivity index (χ1v) is 13.1. The van der Waals surface area contributed by atoms with Gasteiger partial charge in [0.25, 0.3) is 0 Å². The van der Waals surface area contributed by atoms with Crippen LogP contribution in [0.3, 0.4) is 0 Å². The molecule has 0 aromatic heterocycles. The van der Waals surface area contributed by atoms with Crippen LogP contribution in [0.4, 0.5) is 0 Å². The molecule has 0 bridgehead atoms. The Kier molecular flexibility index (Phi) is 6.72. The molecule has 0 radical (unpaired) electrons. The van der Waals surface area contributed by atoms with Crippen molar-refractivity contribution in [1.82, 2.24) is 9.21 Å². The van der Waals surface area contributed by atoms with E-state index in [0.717, 1.165) is 42.5 Å². The smallest absolute Gasteiger partial charge is 0.243 e. The van der Waals surface area contributed by atoms with Crippen molar-refractivity contribution in [1.29, 1.82) is 0 Å². The minimum atomic E-state index is -3.55. The molecular weight excluding hydrogens is 420 g/mol. The normalized spacial score (nSPS) is 20.6. The second-order valence-corrected chi connectivity index (χ2v) is 11.3. The molecule has 0 aliphatic carbocycles. The number of sulfonamides is 1. The molecule has 0 saturated carbocycles. The molecule has 6 heteroatoms. The molecule has 5 nitrogen and oxygen atoms in total. The molecule has 2 saturated heterocycles. The van der Waals surface area contributed by atoms with Crippen molar-refractivity contribution in [2.24, 2.45) is 5.92 Å². The molecule has 2 aliphatic heterocycles. The number of benzene rings is 2. The summed E-state index contributed by atoms with van der Waals surface area (Å²) in [4.78, 5) is 15.8. The molecule has 2 fully saturated rings. The Hall–Kier alpha value is -2.18. The fourth-order valence-electron chi connectivity index (χ4n) is 5.50. The van der Waals surface area contributed by atoms with E-state index >= 15 is 0 Å². The molecule has 2 heterocycles. The third kappa shape index (κ3) is 4.62. The van der Waals surface area contributed by atoms with Gasteiger partial charge in [-0.15, -0.1) is 0 Å². The fraction of sp³-hybridized carbons (Fsp3) is 0.500. The molecule has 1 amide bonds. The number of aryl methyl sites for hydroxylation is 3. The highest BCUT2D eigenvalue weighted by Gasteiger charge is 2.37. The molecule has 172 valence electrons. The molecule has 32 heavy (non-hydrogen) atoms. The van der Waals surface area contributed by atoms with Gasteiger partial charge in [0, 0.05) is 31.6 Å². The average molecular weight is 455 g/mol.